The van der Waals surface area contributed by atoms with E-state index in [9.17, 15) is 0 Å². The Morgan fingerprint density at radius 2 is 0.467 bits per heavy atom. The van der Waals surface area contributed by atoms with E-state index in [1.165, 1.54) is 125 Å². The van der Waals surface area contributed by atoms with E-state index in [1.807, 2.05) is 0 Å². The number of unbranched alkanes of at least 4 members (excludes halogenated alkanes) is 6. The van der Waals surface area contributed by atoms with Crippen molar-refractivity contribution in [1.29, 1.82) is 0 Å². The lowest BCUT2D eigenvalue weighted by atomic mass is 10.2. The molecule has 4 heteroatoms. The van der Waals surface area contributed by atoms with E-state index in [0.717, 1.165) is 0 Å². The van der Waals surface area contributed by atoms with Gasteiger partial charge in [0.05, 0.1) is 53.4 Å². The summed E-state index contributed by atoms with van der Waals surface area (Å²) < 4.78 is 2.63. The number of rotatable bonds is 18. The molecule has 0 saturated heterocycles. The summed E-state index contributed by atoms with van der Waals surface area (Å²) in [5.41, 5.74) is 0. The smallest absolute Gasteiger partial charge is 0.0784 e. The van der Waals surface area contributed by atoms with Gasteiger partial charge in [-0.15, -0.1) is 0 Å². The first kappa shape index (κ1) is 37.8. The van der Waals surface area contributed by atoms with E-state index in [2.05, 4.69) is 55.6 Å². The van der Waals surface area contributed by atoms with Crippen LogP contribution in [-0.2, 0) is 0 Å². The molecule has 0 N–H and O–H groups in total. The molecule has 188 valence electrons. The van der Waals surface area contributed by atoms with E-state index in [0.29, 0.717) is 0 Å². The Bertz CT molecular complexity index is 238. The highest BCUT2D eigenvalue weighted by atomic mass is 35.5. The zero-order valence-corrected chi connectivity index (χ0v) is 23.9. The van der Waals surface area contributed by atoms with E-state index >= 15 is 0 Å². The van der Waals surface area contributed by atoms with E-state index in [-0.39, 0.29) is 24.8 Å². The molecule has 0 spiro atoms. The molecule has 0 aliphatic carbocycles. The Morgan fingerprint density at radius 1 is 0.333 bits per heavy atom. The van der Waals surface area contributed by atoms with Gasteiger partial charge in [-0.3, -0.25) is 0 Å². The van der Waals surface area contributed by atoms with Crippen LogP contribution in [0.2, 0.25) is 0 Å². The lowest BCUT2D eigenvalue weighted by molar-refractivity contribution is -0.910. The van der Waals surface area contributed by atoms with Gasteiger partial charge in [0.15, 0.2) is 0 Å². The molecule has 0 aliphatic heterocycles. The highest BCUT2D eigenvalue weighted by molar-refractivity contribution is 4.45. The van der Waals surface area contributed by atoms with Crippen molar-refractivity contribution in [3.05, 3.63) is 0 Å². The lowest BCUT2D eigenvalue weighted by Gasteiger charge is -2.34. The highest BCUT2D eigenvalue weighted by Gasteiger charge is 2.19. The minimum absolute atomic E-state index is 0. The standard InChI is InChI=1S/2C13H30N.2ClH/c2*1-5-8-11-14(4,12-9-6-2)13-10-7-3;;/h2*5-13H2,1-4H3;2*1H/q2*+1;;/p-2. The fraction of sp³-hybridized carbons (Fsp3) is 1.00. The molecule has 0 amide bonds. The minimum atomic E-state index is 0. The summed E-state index contributed by atoms with van der Waals surface area (Å²) in [5, 5.41) is 0. The van der Waals surface area contributed by atoms with Gasteiger partial charge in [-0.25, -0.2) is 0 Å². The topological polar surface area (TPSA) is 0 Å². The predicted octanol–water partition coefficient (Wildman–Crippen LogP) is 1.67. The van der Waals surface area contributed by atoms with Crippen molar-refractivity contribution >= 4 is 0 Å². The van der Waals surface area contributed by atoms with E-state index in [4.69, 9.17) is 0 Å². The van der Waals surface area contributed by atoms with Crippen LogP contribution in [0.4, 0.5) is 0 Å². The van der Waals surface area contributed by atoms with Crippen LogP contribution in [0.3, 0.4) is 0 Å². The van der Waals surface area contributed by atoms with Crippen LogP contribution in [-0.4, -0.2) is 62.3 Å². The average Bonchev–Trinajstić information content (AvgIpc) is 2.71. The van der Waals surface area contributed by atoms with Crippen molar-refractivity contribution in [2.75, 3.05) is 53.4 Å². The van der Waals surface area contributed by atoms with Crippen LogP contribution < -0.4 is 24.8 Å². The molecule has 0 bridgehead atoms. The van der Waals surface area contributed by atoms with Crippen LogP contribution in [0.1, 0.15) is 119 Å². The Morgan fingerprint density at radius 3 is 0.567 bits per heavy atom. The van der Waals surface area contributed by atoms with Crippen molar-refractivity contribution in [1.82, 2.24) is 0 Å². The molecule has 0 aromatic heterocycles. The number of quaternary nitrogens is 2. The molecule has 0 saturated carbocycles. The molecular weight excluding hydrogens is 411 g/mol. The highest BCUT2D eigenvalue weighted by Crippen LogP contribution is 2.11. The first-order valence-corrected chi connectivity index (χ1v) is 13.0. The Kier molecular flexibility index (Phi) is 32.5. The zero-order chi connectivity index (χ0) is 21.7. The van der Waals surface area contributed by atoms with Crippen LogP contribution in [0, 0.1) is 0 Å². The van der Waals surface area contributed by atoms with E-state index < -0.39 is 0 Å². The van der Waals surface area contributed by atoms with E-state index in [1.54, 1.807) is 0 Å². The van der Waals surface area contributed by atoms with Gasteiger partial charge >= 0.3 is 0 Å². The molecule has 0 aliphatic rings. The second kappa shape index (κ2) is 25.8. The molecule has 0 fully saturated rings. The third kappa shape index (κ3) is 23.2. The van der Waals surface area contributed by atoms with Gasteiger partial charge in [-0.2, -0.15) is 0 Å². The molecule has 30 heavy (non-hydrogen) atoms. The first-order valence-electron chi connectivity index (χ1n) is 13.0. The molecule has 0 radical (unpaired) electrons. The Hall–Kier alpha value is 0.500. The largest absolute Gasteiger partial charge is 1.00 e. The van der Waals surface area contributed by atoms with Crippen LogP contribution in [0.15, 0.2) is 0 Å². The van der Waals surface area contributed by atoms with Crippen LogP contribution >= 0.6 is 0 Å². The fourth-order valence-electron chi connectivity index (χ4n) is 3.91. The minimum Gasteiger partial charge on any atom is -1.00 e. The van der Waals surface area contributed by atoms with Gasteiger partial charge < -0.3 is 33.8 Å². The Labute approximate surface area is 205 Å². The van der Waals surface area contributed by atoms with Gasteiger partial charge in [-0.1, -0.05) is 80.1 Å². The maximum Gasteiger partial charge on any atom is 0.0784 e. The molecule has 0 aromatic carbocycles. The molecule has 0 heterocycles. The second-order valence-electron chi connectivity index (χ2n) is 9.70. The molecule has 0 rings (SSSR count). The Balaban J connectivity index is -0.000000211. The summed E-state index contributed by atoms with van der Waals surface area (Å²) >= 11 is 0. The van der Waals surface area contributed by atoms with Crippen LogP contribution in [0.25, 0.3) is 0 Å². The average molecular weight is 472 g/mol. The number of nitrogens with zero attached hydrogens (tertiary/aromatic N) is 2. The lowest BCUT2D eigenvalue weighted by Crippen LogP contribution is -3.00. The molecule has 0 unspecified atom stereocenters. The van der Waals surface area contributed by atoms with Gasteiger partial charge in [0.25, 0.3) is 0 Å². The molecular formula is C26H60Cl2N2. The van der Waals surface area contributed by atoms with Crippen molar-refractivity contribution in [2.45, 2.75) is 119 Å². The molecule has 0 atom stereocenters. The second-order valence-corrected chi connectivity index (χ2v) is 9.70. The summed E-state index contributed by atoms with van der Waals surface area (Å²) in [7, 11) is 4.89. The predicted molar refractivity (Wildman–Crippen MR) is 131 cm³/mol. The molecule has 2 nitrogen and oxygen atoms in total. The van der Waals surface area contributed by atoms with Gasteiger partial charge in [0, 0.05) is 0 Å². The number of hydrogen-bond donors (Lipinski definition) is 0. The summed E-state index contributed by atoms with van der Waals surface area (Å²) in [6.07, 6.45) is 16.4. The zero-order valence-electron chi connectivity index (χ0n) is 22.4. The number of halogens is 2. The summed E-state index contributed by atoms with van der Waals surface area (Å²) in [5.74, 6) is 0. The number of hydrogen-bond acceptors (Lipinski definition) is 0. The van der Waals surface area contributed by atoms with Gasteiger partial charge in [0.1, 0.15) is 0 Å². The summed E-state index contributed by atoms with van der Waals surface area (Å²) in [6.45, 7) is 22.1. The first-order chi connectivity index (χ1) is 13.4. The normalized spacial score (nSPS) is 11.2. The summed E-state index contributed by atoms with van der Waals surface area (Å²) in [6, 6.07) is 0. The van der Waals surface area contributed by atoms with Gasteiger partial charge in [-0.05, 0) is 38.5 Å². The summed E-state index contributed by atoms with van der Waals surface area (Å²) in [4.78, 5) is 0. The van der Waals surface area contributed by atoms with Crippen molar-refractivity contribution in [3.8, 4) is 0 Å². The van der Waals surface area contributed by atoms with Gasteiger partial charge in [0.2, 0.25) is 0 Å². The van der Waals surface area contributed by atoms with Crippen LogP contribution in [0.5, 0.6) is 0 Å². The monoisotopic (exact) mass is 470 g/mol. The van der Waals surface area contributed by atoms with Crippen molar-refractivity contribution in [3.63, 3.8) is 0 Å². The quantitative estimate of drug-likeness (QED) is 0.267. The van der Waals surface area contributed by atoms with Crippen molar-refractivity contribution in [2.24, 2.45) is 0 Å². The molecule has 0 aromatic rings. The van der Waals surface area contributed by atoms with Crippen molar-refractivity contribution < 1.29 is 33.8 Å². The SMILES string of the molecule is CCCC[N+](C)(CCCC)CCCC.CCCC[N+](C)(CCCC)CCCC.[Cl-].[Cl-]. The third-order valence-corrected chi connectivity index (χ3v) is 6.31. The third-order valence-electron chi connectivity index (χ3n) is 6.31. The fourth-order valence-corrected chi connectivity index (χ4v) is 3.91. The maximum atomic E-state index is 2.45. The maximum absolute atomic E-state index is 2.45.